The predicted molar refractivity (Wildman–Crippen MR) is 84.0 cm³/mol. The van der Waals surface area contributed by atoms with Crippen LogP contribution in [0.1, 0.15) is 15.9 Å². The van der Waals surface area contributed by atoms with E-state index in [-0.39, 0.29) is 17.1 Å². The minimum atomic E-state index is -2.98. The maximum Gasteiger partial charge on any atom is 0.387 e. The first-order chi connectivity index (χ1) is 11.5. The van der Waals surface area contributed by atoms with Gasteiger partial charge in [-0.25, -0.2) is 0 Å². The van der Waals surface area contributed by atoms with Crippen LogP contribution in [-0.4, -0.2) is 19.5 Å². The monoisotopic (exact) mass is 329 g/mol. The van der Waals surface area contributed by atoms with Crippen LogP contribution in [0.3, 0.4) is 0 Å². The average Bonchev–Trinajstić information content (AvgIpc) is 2.60. The molecule has 0 atom stereocenters. The van der Waals surface area contributed by atoms with E-state index in [2.05, 4.69) is 4.74 Å². The van der Waals surface area contributed by atoms with Crippen molar-refractivity contribution in [2.24, 2.45) is 0 Å². The lowest BCUT2D eigenvalue weighted by molar-refractivity contribution is -0.0512. The Hall–Kier alpha value is -3.20. The van der Waals surface area contributed by atoms with E-state index in [4.69, 9.17) is 4.74 Å². The van der Waals surface area contributed by atoms with E-state index in [1.807, 2.05) is 6.07 Å². The Labute approximate surface area is 137 Å². The third kappa shape index (κ3) is 4.17. The highest BCUT2D eigenvalue weighted by atomic mass is 19.3. The number of hydrogen-bond donors (Lipinski definition) is 0. The molecule has 0 aromatic heterocycles. The molecule has 2 aromatic carbocycles. The molecule has 0 bridgehead atoms. The molecule has 24 heavy (non-hydrogen) atoms. The van der Waals surface area contributed by atoms with Gasteiger partial charge in [-0.1, -0.05) is 36.4 Å². The number of rotatable bonds is 6. The quantitative estimate of drug-likeness (QED) is 0.455. The van der Waals surface area contributed by atoms with E-state index in [1.165, 1.54) is 31.4 Å². The second-order valence-electron chi connectivity index (χ2n) is 4.65. The highest BCUT2D eigenvalue weighted by molar-refractivity contribution is 6.14. The predicted octanol–water partition coefficient (Wildman–Crippen LogP) is 4.09. The SMILES string of the molecule is COc1cc(C=C(C#N)C(=O)c2ccccc2)ccc1OC(F)F. The molecular formula is C18H13F2NO3. The fourth-order valence-electron chi connectivity index (χ4n) is 2.03. The summed E-state index contributed by atoms with van der Waals surface area (Å²) in [6.45, 7) is -2.98. The van der Waals surface area contributed by atoms with Crippen LogP contribution >= 0.6 is 0 Å². The van der Waals surface area contributed by atoms with Crippen LogP contribution in [0.25, 0.3) is 6.08 Å². The Morgan fingerprint density at radius 2 is 1.88 bits per heavy atom. The van der Waals surface area contributed by atoms with Crippen LogP contribution in [0.2, 0.25) is 0 Å². The summed E-state index contributed by atoms with van der Waals surface area (Å²) in [6.07, 6.45) is 1.37. The lowest BCUT2D eigenvalue weighted by atomic mass is 10.0. The van der Waals surface area contributed by atoms with Crippen LogP contribution < -0.4 is 9.47 Å². The first kappa shape index (κ1) is 17.2. The molecule has 2 aromatic rings. The molecule has 0 saturated heterocycles. The molecule has 6 heteroatoms. The van der Waals surface area contributed by atoms with Gasteiger partial charge in [-0.05, 0) is 23.8 Å². The van der Waals surface area contributed by atoms with Gasteiger partial charge in [-0.15, -0.1) is 0 Å². The van der Waals surface area contributed by atoms with Gasteiger partial charge in [-0.3, -0.25) is 4.79 Å². The second-order valence-corrected chi connectivity index (χ2v) is 4.65. The van der Waals surface area contributed by atoms with E-state index in [0.717, 1.165) is 0 Å². The number of halogens is 2. The highest BCUT2D eigenvalue weighted by Crippen LogP contribution is 2.30. The molecule has 0 aliphatic carbocycles. The molecule has 0 heterocycles. The third-order valence-corrected chi connectivity index (χ3v) is 3.12. The molecule has 0 unspecified atom stereocenters. The first-order valence-corrected chi connectivity index (χ1v) is 6.89. The molecule has 2 rings (SSSR count). The Bertz CT molecular complexity index is 796. The van der Waals surface area contributed by atoms with Crippen molar-refractivity contribution in [2.75, 3.05) is 7.11 Å². The molecule has 0 aliphatic heterocycles. The van der Waals surface area contributed by atoms with Crippen molar-refractivity contribution in [1.82, 2.24) is 0 Å². The smallest absolute Gasteiger partial charge is 0.387 e. The molecule has 0 fully saturated rings. The summed E-state index contributed by atoms with van der Waals surface area (Å²) in [5.74, 6) is -0.476. The van der Waals surface area contributed by atoms with Gasteiger partial charge >= 0.3 is 6.61 Å². The number of nitrogens with zero attached hydrogens (tertiary/aromatic N) is 1. The third-order valence-electron chi connectivity index (χ3n) is 3.12. The number of methoxy groups -OCH3 is 1. The van der Waals surface area contributed by atoms with Crippen LogP contribution in [0, 0.1) is 11.3 Å². The number of Topliss-reactive ketones (excluding diaryl/α,β-unsaturated/α-hetero) is 1. The first-order valence-electron chi connectivity index (χ1n) is 6.89. The van der Waals surface area contributed by atoms with E-state index < -0.39 is 12.4 Å². The summed E-state index contributed by atoms with van der Waals surface area (Å²) in [5, 5.41) is 9.22. The van der Waals surface area contributed by atoms with Crippen molar-refractivity contribution >= 4 is 11.9 Å². The van der Waals surface area contributed by atoms with Gasteiger partial charge in [0.1, 0.15) is 11.6 Å². The van der Waals surface area contributed by atoms with Crippen LogP contribution in [0.5, 0.6) is 11.5 Å². The molecule has 0 radical (unpaired) electrons. The molecular weight excluding hydrogens is 316 g/mol. The Kier molecular flexibility index (Phi) is 5.63. The Balaban J connectivity index is 2.34. The minimum absolute atomic E-state index is 0.0773. The van der Waals surface area contributed by atoms with E-state index >= 15 is 0 Å². The summed E-state index contributed by atoms with van der Waals surface area (Å²) in [7, 11) is 1.31. The lowest BCUT2D eigenvalue weighted by Gasteiger charge is -2.10. The molecule has 4 nitrogen and oxygen atoms in total. The maximum atomic E-state index is 12.3. The van der Waals surface area contributed by atoms with Gasteiger partial charge in [-0.2, -0.15) is 14.0 Å². The summed E-state index contributed by atoms with van der Waals surface area (Å²) >= 11 is 0. The fourth-order valence-corrected chi connectivity index (χ4v) is 2.03. The number of allylic oxidation sites excluding steroid dienone is 1. The number of carbonyl (C=O) groups is 1. The normalized spacial score (nSPS) is 11.0. The summed E-state index contributed by atoms with van der Waals surface area (Å²) in [5.41, 5.74) is 0.759. The van der Waals surface area contributed by atoms with Gasteiger partial charge < -0.3 is 9.47 Å². The molecule has 122 valence electrons. The van der Waals surface area contributed by atoms with Crippen LogP contribution in [0.4, 0.5) is 8.78 Å². The van der Waals surface area contributed by atoms with Gasteiger partial charge in [0.15, 0.2) is 11.5 Å². The molecule has 0 aliphatic rings. The average molecular weight is 329 g/mol. The van der Waals surface area contributed by atoms with Crippen LogP contribution in [-0.2, 0) is 0 Å². The Morgan fingerprint density at radius 1 is 1.17 bits per heavy atom. The number of ether oxygens (including phenoxy) is 2. The van der Waals surface area contributed by atoms with Crippen molar-refractivity contribution in [3.63, 3.8) is 0 Å². The minimum Gasteiger partial charge on any atom is -0.493 e. The molecule has 0 amide bonds. The van der Waals surface area contributed by atoms with Crippen LogP contribution in [0.15, 0.2) is 54.1 Å². The number of carbonyl (C=O) groups excluding carboxylic acids is 1. The van der Waals surface area contributed by atoms with Gasteiger partial charge in [0.2, 0.25) is 5.78 Å². The number of benzene rings is 2. The summed E-state index contributed by atoms with van der Waals surface area (Å²) in [4.78, 5) is 12.3. The molecule has 0 saturated carbocycles. The van der Waals surface area contributed by atoms with E-state index in [9.17, 15) is 18.8 Å². The number of ketones is 1. The van der Waals surface area contributed by atoms with Crippen molar-refractivity contribution < 1.29 is 23.0 Å². The number of nitriles is 1. The molecule has 0 spiro atoms. The van der Waals surface area contributed by atoms with Crippen molar-refractivity contribution in [1.29, 1.82) is 5.26 Å². The zero-order chi connectivity index (χ0) is 17.5. The number of hydrogen-bond acceptors (Lipinski definition) is 4. The molecule has 0 N–H and O–H groups in total. The van der Waals surface area contributed by atoms with Gasteiger partial charge in [0.05, 0.1) is 7.11 Å². The van der Waals surface area contributed by atoms with Crippen molar-refractivity contribution in [2.45, 2.75) is 6.61 Å². The topological polar surface area (TPSA) is 59.3 Å². The zero-order valence-corrected chi connectivity index (χ0v) is 12.7. The van der Waals surface area contributed by atoms with Crippen molar-refractivity contribution in [3.05, 3.63) is 65.2 Å². The zero-order valence-electron chi connectivity index (χ0n) is 12.7. The number of alkyl halides is 2. The second kappa shape index (κ2) is 7.88. The van der Waals surface area contributed by atoms with Gasteiger partial charge in [0.25, 0.3) is 0 Å². The van der Waals surface area contributed by atoms with Gasteiger partial charge in [0, 0.05) is 5.56 Å². The summed E-state index contributed by atoms with van der Waals surface area (Å²) in [6, 6.07) is 14.4. The highest BCUT2D eigenvalue weighted by Gasteiger charge is 2.14. The fraction of sp³-hybridized carbons (Fsp3) is 0.111. The summed E-state index contributed by atoms with van der Waals surface area (Å²) < 4.78 is 34.0. The standard InChI is InChI=1S/C18H13F2NO3/c1-23-16-10-12(7-8-15(16)24-18(19)20)9-14(11-21)17(22)13-5-3-2-4-6-13/h2-10,18H,1H3. The van der Waals surface area contributed by atoms with E-state index in [1.54, 1.807) is 30.3 Å². The maximum absolute atomic E-state index is 12.3. The largest absolute Gasteiger partial charge is 0.493 e. The Morgan fingerprint density at radius 3 is 2.46 bits per heavy atom. The van der Waals surface area contributed by atoms with E-state index in [0.29, 0.717) is 11.1 Å². The lowest BCUT2D eigenvalue weighted by Crippen LogP contribution is -2.04. The van der Waals surface area contributed by atoms with Crippen molar-refractivity contribution in [3.8, 4) is 17.6 Å².